The fourth-order valence-corrected chi connectivity index (χ4v) is 3.27. The summed E-state index contributed by atoms with van der Waals surface area (Å²) >= 11 is 0. The van der Waals surface area contributed by atoms with E-state index >= 15 is 0 Å². The van der Waals surface area contributed by atoms with Gasteiger partial charge < -0.3 is 15.5 Å². The van der Waals surface area contributed by atoms with Gasteiger partial charge >= 0.3 is 0 Å². The molecule has 3 heterocycles. The van der Waals surface area contributed by atoms with Crippen molar-refractivity contribution in [2.75, 3.05) is 36.8 Å². The molecule has 1 aromatic carbocycles. The number of hydrogen-bond donors (Lipinski definition) is 1. The Morgan fingerprint density at radius 2 is 1.73 bits per heavy atom. The third-order valence-corrected chi connectivity index (χ3v) is 4.74. The zero-order valence-corrected chi connectivity index (χ0v) is 14.6. The zero-order valence-electron chi connectivity index (χ0n) is 14.6. The van der Waals surface area contributed by atoms with Crippen LogP contribution in [0.1, 0.15) is 6.92 Å². The maximum atomic E-state index is 11.4. The third-order valence-electron chi connectivity index (χ3n) is 4.74. The fraction of sp³-hybridized carbons (Fsp3) is 0.263. The molecule has 1 aliphatic heterocycles. The van der Waals surface area contributed by atoms with Crippen molar-refractivity contribution in [2.45, 2.75) is 6.92 Å². The number of nitrogens with two attached hydrogens (primary N) is 1. The molecular weight excluding hydrogens is 328 g/mol. The number of benzene rings is 1. The molecule has 0 spiro atoms. The number of carbonyl (C=O) groups is 1. The van der Waals surface area contributed by atoms with Gasteiger partial charge in [-0.3, -0.25) is 9.78 Å². The molecule has 3 aromatic rings. The number of fused-ring (bicyclic) bond motifs is 1. The summed E-state index contributed by atoms with van der Waals surface area (Å²) in [4.78, 5) is 28.6. The molecule has 0 atom stereocenters. The second kappa shape index (κ2) is 6.59. The Labute approximate surface area is 151 Å². The second-order valence-electron chi connectivity index (χ2n) is 6.36. The highest BCUT2D eigenvalue weighted by atomic mass is 16.2. The van der Waals surface area contributed by atoms with Crippen molar-refractivity contribution in [1.29, 1.82) is 0 Å². The zero-order chi connectivity index (χ0) is 18.1. The molecular formula is C19H20N6O. The average molecular weight is 348 g/mol. The summed E-state index contributed by atoms with van der Waals surface area (Å²) in [6, 6.07) is 10.1. The lowest BCUT2D eigenvalue weighted by atomic mass is 10.1. The Hall–Kier alpha value is -3.22. The second-order valence-corrected chi connectivity index (χ2v) is 6.36. The van der Waals surface area contributed by atoms with Crippen molar-refractivity contribution in [1.82, 2.24) is 19.9 Å². The van der Waals surface area contributed by atoms with Gasteiger partial charge in [-0.15, -0.1) is 0 Å². The van der Waals surface area contributed by atoms with Gasteiger partial charge in [-0.25, -0.2) is 9.97 Å². The van der Waals surface area contributed by atoms with E-state index in [1.807, 2.05) is 23.1 Å². The van der Waals surface area contributed by atoms with Crippen LogP contribution in [0.15, 0.2) is 42.7 Å². The van der Waals surface area contributed by atoms with Gasteiger partial charge in [-0.2, -0.15) is 0 Å². The Morgan fingerprint density at radius 3 is 2.42 bits per heavy atom. The number of rotatable bonds is 2. The highest BCUT2D eigenvalue weighted by Gasteiger charge is 2.18. The molecule has 0 saturated carbocycles. The van der Waals surface area contributed by atoms with Crippen LogP contribution in [-0.4, -0.2) is 51.9 Å². The highest BCUT2D eigenvalue weighted by Crippen LogP contribution is 2.26. The van der Waals surface area contributed by atoms with Gasteiger partial charge in [0.25, 0.3) is 0 Å². The third kappa shape index (κ3) is 3.03. The summed E-state index contributed by atoms with van der Waals surface area (Å²) in [5.41, 5.74) is 10.3. The monoisotopic (exact) mass is 348 g/mol. The number of anilines is 2. The largest absolute Gasteiger partial charge is 0.382 e. The fourth-order valence-electron chi connectivity index (χ4n) is 3.27. The van der Waals surface area contributed by atoms with Crippen molar-refractivity contribution in [3.8, 4) is 11.3 Å². The molecule has 2 N–H and O–H groups in total. The van der Waals surface area contributed by atoms with Crippen molar-refractivity contribution in [2.24, 2.45) is 0 Å². The summed E-state index contributed by atoms with van der Waals surface area (Å²) in [7, 11) is 0. The standard InChI is InChI=1S/C19H20N6O/c1-13(26)24-8-10-25(11-9-24)15-4-2-14(3-5-15)16-12-17-18(19(20)23-16)22-7-6-21-17/h2-7,12H,8-11H2,1H3,(H2,20,23). The number of piperazine rings is 1. The normalized spacial score (nSPS) is 14.7. The lowest BCUT2D eigenvalue weighted by molar-refractivity contribution is -0.129. The van der Waals surface area contributed by atoms with E-state index in [2.05, 4.69) is 32.0 Å². The van der Waals surface area contributed by atoms with Crippen LogP contribution in [0, 0.1) is 0 Å². The van der Waals surface area contributed by atoms with E-state index in [1.165, 1.54) is 0 Å². The molecule has 7 nitrogen and oxygen atoms in total. The SMILES string of the molecule is CC(=O)N1CCN(c2ccc(-c3cc4nccnc4c(N)n3)cc2)CC1. The van der Waals surface area contributed by atoms with Gasteiger partial charge in [-0.1, -0.05) is 12.1 Å². The molecule has 4 rings (SSSR count). The molecule has 2 aromatic heterocycles. The van der Waals surface area contributed by atoms with Gasteiger partial charge in [0.2, 0.25) is 5.91 Å². The molecule has 0 unspecified atom stereocenters. The summed E-state index contributed by atoms with van der Waals surface area (Å²) in [6.07, 6.45) is 3.26. The minimum Gasteiger partial charge on any atom is -0.382 e. The van der Waals surface area contributed by atoms with Gasteiger partial charge in [0, 0.05) is 56.7 Å². The van der Waals surface area contributed by atoms with Crippen LogP contribution in [-0.2, 0) is 4.79 Å². The smallest absolute Gasteiger partial charge is 0.219 e. The highest BCUT2D eigenvalue weighted by molar-refractivity contribution is 5.87. The first-order valence-corrected chi connectivity index (χ1v) is 8.60. The number of amides is 1. The first-order chi connectivity index (χ1) is 12.6. The van der Waals surface area contributed by atoms with Crippen molar-refractivity contribution >= 4 is 28.4 Å². The quantitative estimate of drug-likeness (QED) is 0.761. The minimum absolute atomic E-state index is 0.142. The Bertz CT molecular complexity index is 948. The predicted molar refractivity (Wildman–Crippen MR) is 102 cm³/mol. The molecule has 1 saturated heterocycles. The van der Waals surface area contributed by atoms with Crippen molar-refractivity contribution < 1.29 is 4.79 Å². The molecule has 0 radical (unpaired) electrons. The van der Waals surface area contributed by atoms with E-state index in [1.54, 1.807) is 19.3 Å². The van der Waals surface area contributed by atoms with Crippen LogP contribution < -0.4 is 10.6 Å². The average Bonchev–Trinajstić information content (AvgIpc) is 2.68. The maximum Gasteiger partial charge on any atom is 0.219 e. The molecule has 1 amide bonds. The van der Waals surface area contributed by atoms with Crippen LogP contribution in [0.25, 0.3) is 22.3 Å². The topological polar surface area (TPSA) is 88.2 Å². The van der Waals surface area contributed by atoms with Gasteiger partial charge in [0.15, 0.2) is 5.82 Å². The lowest BCUT2D eigenvalue weighted by Gasteiger charge is -2.35. The van der Waals surface area contributed by atoms with Crippen LogP contribution in [0.5, 0.6) is 0 Å². The molecule has 0 bridgehead atoms. The van der Waals surface area contributed by atoms with E-state index in [9.17, 15) is 4.79 Å². The van der Waals surface area contributed by atoms with E-state index in [4.69, 9.17) is 5.73 Å². The number of nitrogens with zero attached hydrogens (tertiary/aromatic N) is 5. The number of nitrogen functional groups attached to an aromatic ring is 1. The Kier molecular flexibility index (Phi) is 4.12. The number of aromatic nitrogens is 3. The minimum atomic E-state index is 0.142. The van der Waals surface area contributed by atoms with Crippen LogP contribution in [0.2, 0.25) is 0 Å². The summed E-state index contributed by atoms with van der Waals surface area (Å²) < 4.78 is 0. The van der Waals surface area contributed by atoms with Crippen molar-refractivity contribution in [3.63, 3.8) is 0 Å². The summed E-state index contributed by atoms with van der Waals surface area (Å²) in [6.45, 7) is 4.83. The van der Waals surface area contributed by atoms with E-state index in [0.29, 0.717) is 11.3 Å². The molecule has 1 aliphatic rings. The lowest BCUT2D eigenvalue weighted by Crippen LogP contribution is -2.48. The summed E-state index contributed by atoms with van der Waals surface area (Å²) in [5.74, 6) is 0.526. The molecule has 7 heteroatoms. The van der Waals surface area contributed by atoms with Crippen molar-refractivity contribution in [3.05, 3.63) is 42.7 Å². The molecule has 132 valence electrons. The van der Waals surface area contributed by atoms with Gasteiger partial charge in [0.1, 0.15) is 5.52 Å². The molecule has 0 aliphatic carbocycles. The Balaban J connectivity index is 1.56. The van der Waals surface area contributed by atoms with Crippen LogP contribution in [0.4, 0.5) is 11.5 Å². The van der Waals surface area contributed by atoms with Crippen LogP contribution >= 0.6 is 0 Å². The molecule has 1 fully saturated rings. The predicted octanol–water partition coefficient (Wildman–Crippen LogP) is 1.94. The number of hydrogen-bond acceptors (Lipinski definition) is 6. The summed E-state index contributed by atoms with van der Waals surface area (Å²) in [5, 5.41) is 0. The maximum absolute atomic E-state index is 11.4. The molecule has 26 heavy (non-hydrogen) atoms. The van der Waals surface area contributed by atoms with E-state index < -0.39 is 0 Å². The van der Waals surface area contributed by atoms with E-state index in [0.717, 1.165) is 48.6 Å². The Morgan fingerprint density at radius 1 is 1.04 bits per heavy atom. The van der Waals surface area contributed by atoms with Gasteiger partial charge in [-0.05, 0) is 18.2 Å². The first-order valence-electron chi connectivity index (χ1n) is 8.60. The van der Waals surface area contributed by atoms with Gasteiger partial charge in [0.05, 0.1) is 11.2 Å². The van der Waals surface area contributed by atoms with Crippen LogP contribution in [0.3, 0.4) is 0 Å². The number of pyridine rings is 1. The first kappa shape index (κ1) is 16.3. The number of carbonyl (C=O) groups excluding carboxylic acids is 1. The van der Waals surface area contributed by atoms with E-state index in [-0.39, 0.29) is 5.91 Å².